The van der Waals surface area contributed by atoms with E-state index in [2.05, 4.69) is 4.98 Å². The minimum absolute atomic E-state index is 0.254. The highest BCUT2D eigenvalue weighted by atomic mass is 19.1. The lowest BCUT2D eigenvalue weighted by molar-refractivity contribution is 0.626. The molecule has 0 aliphatic carbocycles. The molecule has 0 fully saturated rings. The van der Waals surface area contributed by atoms with Gasteiger partial charge in [0.25, 0.3) is 5.56 Å². The second-order valence-corrected chi connectivity index (χ2v) is 5.25. The third-order valence-electron chi connectivity index (χ3n) is 3.78. The number of halogens is 1. The van der Waals surface area contributed by atoms with E-state index in [1.54, 1.807) is 30.7 Å². The van der Waals surface area contributed by atoms with E-state index in [9.17, 15) is 14.0 Å². The summed E-state index contributed by atoms with van der Waals surface area (Å²) in [5, 5.41) is 0. The minimum Gasteiger partial charge on any atom is -0.310 e. The Morgan fingerprint density at radius 3 is 2.36 bits per heavy atom. The van der Waals surface area contributed by atoms with Gasteiger partial charge in [-0.25, -0.2) is 14.2 Å². The average molecular weight is 302 g/mol. The van der Waals surface area contributed by atoms with Gasteiger partial charge in [0, 0.05) is 14.1 Å². The van der Waals surface area contributed by atoms with Gasteiger partial charge < -0.3 is 4.57 Å². The smallest absolute Gasteiger partial charge is 0.310 e. The van der Waals surface area contributed by atoms with Gasteiger partial charge in [-0.2, -0.15) is 0 Å². The predicted octanol–water partition coefficient (Wildman–Crippen LogP) is 0.930. The molecule has 1 aromatic carbocycles. The van der Waals surface area contributed by atoms with Crippen molar-refractivity contribution in [3.05, 3.63) is 62.3 Å². The van der Waals surface area contributed by atoms with Crippen LogP contribution in [-0.2, 0) is 20.6 Å². The highest BCUT2D eigenvalue weighted by Gasteiger charge is 2.16. The van der Waals surface area contributed by atoms with Crippen LogP contribution in [0.2, 0.25) is 0 Å². The molecule has 0 bridgehead atoms. The zero-order valence-electron chi connectivity index (χ0n) is 12.5. The summed E-state index contributed by atoms with van der Waals surface area (Å²) in [6.07, 6.45) is 0. The summed E-state index contributed by atoms with van der Waals surface area (Å²) >= 11 is 0. The molecule has 0 atom stereocenters. The van der Waals surface area contributed by atoms with Crippen molar-refractivity contribution in [2.45, 2.75) is 13.5 Å². The molecule has 0 aliphatic heterocycles. The van der Waals surface area contributed by atoms with Crippen LogP contribution in [0.3, 0.4) is 0 Å². The molecular formula is C15H15FN4O2. The van der Waals surface area contributed by atoms with Gasteiger partial charge >= 0.3 is 5.69 Å². The predicted molar refractivity (Wildman–Crippen MR) is 80.5 cm³/mol. The second-order valence-electron chi connectivity index (χ2n) is 5.25. The van der Waals surface area contributed by atoms with Crippen LogP contribution < -0.4 is 11.2 Å². The first-order valence-electron chi connectivity index (χ1n) is 6.77. The van der Waals surface area contributed by atoms with Crippen molar-refractivity contribution in [1.82, 2.24) is 18.7 Å². The lowest BCUT2D eigenvalue weighted by Crippen LogP contribution is -2.37. The van der Waals surface area contributed by atoms with Crippen molar-refractivity contribution >= 4 is 11.2 Å². The minimum atomic E-state index is -0.418. The molecule has 2 aromatic heterocycles. The molecule has 0 aliphatic rings. The molecule has 6 nitrogen and oxygen atoms in total. The fourth-order valence-corrected chi connectivity index (χ4v) is 2.56. The Kier molecular flexibility index (Phi) is 3.20. The van der Waals surface area contributed by atoms with E-state index in [1.807, 2.05) is 0 Å². The second kappa shape index (κ2) is 4.94. The van der Waals surface area contributed by atoms with Crippen LogP contribution in [0.1, 0.15) is 11.4 Å². The number of aryl methyl sites for hydroxylation is 2. The van der Waals surface area contributed by atoms with Crippen molar-refractivity contribution < 1.29 is 4.39 Å². The Labute approximate surface area is 125 Å². The lowest BCUT2D eigenvalue weighted by Gasteiger charge is -2.10. The fraction of sp³-hybridized carbons (Fsp3) is 0.267. The SMILES string of the molecule is Cc1nc2c(=O)n(C)c(=O)n(C)c2n1Cc1ccc(F)cc1. The number of fused-ring (bicyclic) bond motifs is 1. The summed E-state index contributed by atoms with van der Waals surface area (Å²) in [6.45, 7) is 2.18. The summed E-state index contributed by atoms with van der Waals surface area (Å²) in [7, 11) is 3.03. The first-order valence-corrected chi connectivity index (χ1v) is 6.77. The van der Waals surface area contributed by atoms with Gasteiger partial charge in [-0.1, -0.05) is 12.1 Å². The molecule has 0 saturated carbocycles. The molecule has 114 valence electrons. The molecule has 2 heterocycles. The highest BCUT2D eigenvalue weighted by Crippen LogP contribution is 2.14. The molecule has 7 heteroatoms. The van der Waals surface area contributed by atoms with Crippen LogP contribution in [0.4, 0.5) is 4.39 Å². The van der Waals surface area contributed by atoms with Crippen LogP contribution in [-0.4, -0.2) is 18.7 Å². The molecular weight excluding hydrogens is 287 g/mol. The summed E-state index contributed by atoms with van der Waals surface area (Å²) in [6, 6.07) is 6.09. The van der Waals surface area contributed by atoms with Crippen LogP contribution in [0.5, 0.6) is 0 Å². The van der Waals surface area contributed by atoms with E-state index in [0.717, 1.165) is 10.1 Å². The number of hydrogen-bond acceptors (Lipinski definition) is 3. The molecule has 0 N–H and O–H groups in total. The van der Waals surface area contributed by atoms with Crippen LogP contribution in [0.15, 0.2) is 33.9 Å². The number of rotatable bonds is 2. The van der Waals surface area contributed by atoms with Crippen LogP contribution in [0, 0.1) is 12.7 Å². The van der Waals surface area contributed by atoms with Crippen molar-refractivity contribution in [3.8, 4) is 0 Å². The maximum atomic E-state index is 13.0. The first-order chi connectivity index (χ1) is 10.4. The van der Waals surface area contributed by atoms with Crippen molar-refractivity contribution in [2.75, 3.05) is 0 Å². The van der Waals surface area contributed by atoms with Gasteiger partial charge in [0.2, 0.25) is 0 Å². The molecule has 22 heavy (non-hydrogen) atoms. The molecule has 0 saturated heterocycles. The summed E-state index contributed by atoms with van der Waals surface area (Å²) < 4.78 is 17.2. The topological polar surface area (TPSA) is 61.8 Å². The third kappa shape index (κ3) is 2.05. The number of nitrogens with zero attached hydrogens (tertiary/aromatic N) is 4. The highest BCUT2D eigenvalue weighted by molar-refractivity contribution is 5.71. The number of aromatic nitrogens is 4. The number of imidazole rings is 1. The van der Waals surface area contributed by atoms with Gasteiger partial charge in [-0.05, 0) is 24.6 Å². The maximum Gasteiger partial charge on any atom is 0.332 e. The molecule has 3 aromatic rings. The van der Waals surface area contributed by atoms with Gasteiger partial charge in [0.1, 0.15) is 17.3 Å². The monoisotopic (exact) mass is 302 g/mol. The molecule has 0 radical (unpaired) electrons. The summed E-state index contributed by atoms with van der Waals surface area (Å²) in [4.78, 5) is 28.6. The average Bonchev–Trinajstić information content (AvgIpc) is 2.82. The fourth-order valence-electron chi connectivity index (χ4n) is 2.56. The lowest BCUT2D eigenvalue weighted by atomic mass is 10.2. The Morgan fingerprint density at radius 2 is 1.73 bits per heavy atom. The Hall–Kier alpha value is -2.70. The quantitative estimate of drug-likeness (QED) is 0.707. The molecule has 0 amide bonds. The zero-order valence-corrected chi connectivity index (χ0v) is 12.5. The molecule has 0 unspecified atom stereocenters. The van der Waals surface area contributed by atoms with E-state index >= 15 is 0 Å². The van der Waals surface area contributed by atoms with E-state index < -0.39 is 11.2 Å². The largest absolute Gasteiger partial charge is 0.332 e. The Balaban J connectivity index is 2.26. The first kappa shape index (κ1) is 14.2. The summed E-state index contributed by atoms with van der Waals surface area (Å²) in [5.41, 5.74) is 0.757. The Morgan fingerprint density at radius 1 is 1.09 bits per heavy atom. The van der Waals surface area contributed by atoms with Gasteiger partial charge in [0.05, 0.1) is 6.54 Å². The molecule has 0 spiro atoms. The zero-order chi connectivity index (χ0) is 16.0. The number of hydrogen-bond donors (Lipinski definition) is 0. The standard InChI is InChI=1S/C15H15FN4O2/c1-9-17-12-13(18(2)15(22)19(3)14(12)21)20(9)8-10-4-6-11(16)7-5-10/h4-7H,8H2,1-3H3. The van der Waals surface area contributed by atoms with Gasteiger partial charge in [0.15, 0.2) is 5.52 Å². The van der Waals surface area contributed by atoms with Crippen LogP contribution >= 0.6 is 0 Å². The maximum absolute atomic E-state index is 13.0. The normalized spacial score (nSPS) is 11.3. The number of benzene rings is 1. The van der Waals surface area contributed by atoms with Crippen molar-refractivity contribution in [3.63, 3.8) is 0 Å². The van der Waals surface area contributed by atoms with Crippen LogP contribution in [0.25, 0.3) is 11.2 Å². The third-order valence-corrected chi connectivity index (χ3v) is 3.78. The molecule has 3 rings (SSSR count). The van der Waals surface area contributed by atoms with Crippen molar-refractivity contribution in [1.29, 1.82) is 0 Å². The summed E-state index contributed by atoms with van der Waals surface area (Å²) in [5.74, 6) is 0.315. The Bertz CT molecular complexity index is 980. The van der Waals surface area contributed by atoms with E-state index in [4.69, 9.17) is 0 Å². The van der Waals surface area contributed by atoms with Gasteiger partial charge in [-0.15, -0.1) is 0 Å². The van der Waals surface area contributed by atoms with E-state index in [0.29, 0.717) is 18.0 Å². The van der Waals surface area contributed by atoms with E-state index in [1.165, 1.54) is 23.7 Å². The van der Waals surface area contributed by atoms with Crippen molar-refractivity contribution in [2.24, 2.45) is 14.1 Å². The van der Waals surface area contributed by atoms with E-state index in [-0.39, 0.29) is 11.3 Å². The van der Waals surface area contributed by atoms with Gasteiger partial charge in [-0.3, -0.25) is 13.9 Å².